The van der Waals surface area contributed by atoms with E-state index >= 15 is 0 Å². The van der Waals surface area contributed by atoms with Crippen molar-refractivity contribution >= 4 is 15.2 Å². The first-order chi connectivity index (χ1) is 8.37. The van der Waals surface area contributed by atoms with E-state index in [1.807, 2.05) is 0 Å². The molecule has 0 unspecified atom stereocenters. The molecule has 0 spiro atoms. The molecule has 3 fully saturated rings. The fourth-order valence-corrected chi connectivity index (χ4v) is 28.6. The van der Waals surface area contributed by atoms with Crippen LogP contribution in [-0.4, -0.2) is 15.2 Å². The van der Waals surface area contributed by atoms with Crippen LogP contribution in [0.15, 0.2) is 0 Å². The van der Waals surface area contributed by atoms with Gasteiger partial charge in [0, 0.05) is 15.2 Å². The molecule has 0 aliphatic carbocycles. The zero-order valence-electron chi connectivity index (χ0n) is 11.6. The average molecular weight is 267 g/mol. The lowest BCUT2D eigenvalue weighted by Crippen LogP contribution is -2.60. The summed E-state index contributed by atoms with van der Waals surface area (Å²) in [5, 5.41) is 0. The Bertz CT molecular complexity index is 199. The van der Waals surface area contributed by atoms with Crippen molar-refractivity contribution in [1.82, 2.24) is 0 Å². The first kappa shape index (κ1) is 12.5. The van der Waals surface area contributed by atoms with Crippen molar-refractivity contribution in [2.75, 3.05) is 0 Å². The Balaban J connectivity index is 1.96. The Morgan fingerprint density at radius 3 is 0.765 bits per heavy atom. The highest BCUT2D eigenvalue weighted by molar-refractivity contribution is 7.42. The Hall–Kier alpha value is 0.434. The zero-order chi connectivity index (χ0) is 11.6. The maximum absolute atomic E-state index is 1.79. The Morgan fingerprint density at radius 1 is 0.294 bits per heavy atom. The van der Waals surface area contributed by atoms with E-state index in [1.165, 1.54) is 0 Å². The third-order valence-electron chi connectivity index (χ3n) is 6.56. The maximum atomic E-state index is 1.79. The second-order valence-electron chi connectivity index (χ2n) is 7.24. The summed E-state index contributed by atoms with van der Waals surface area (Å²) < 4.78 is 0. The van der Waals surface area contributed by atoms with Crippen molar-refractivity contribution < 1.29 is 0 Å². The standard InChI is InChI=1S/C15H30Si2/c1-4-10-16-12-6-2-7-13-17(16,11-5-1)15-9-3-8-14-16/h1-15H2. The zero-order valence-corrected chi connectivity index (χ0v) is 13.6. The van der Waals surface area contributed by atoms with Crippen molar-refractivity contribution in [3.8, 4) is 0 Å². The van der Waals surface area contributed by atoms with E-state index in [9.17, 15) is 0 Å². The highest BCUT2D eigenvalue weighted by Crippen LogP contribution is 2.50. The van der Waals surface area contributed by atoms with Crippen molar-refractivity contribution in [2.45, 2.75) is 94.1 Å². The largest absolute Gasteiger partial charge is 0.0590 e. The lowest BCUT2D eigenvalue weighted by Gasteiger charge is -2.46. The van der Waals surface area contributed by atoms with E-state index in [0.717, 1.165) is 0 Å². The van der Waals surface area contributed by atoms with Gasteiger partial charge in [0.15, 0.2) is 0 Å². The lowest BCUT2D eigenvalue weighted by atomic mass is 10.3. The van der Waals surface area contributed by atoms with E-state index in [4.69, 9.17) is 0 Å². The molecule has 0 radical (unpaired) electrons. The van der Waals surface area contributed by atoms with Gasteiger partial charge in [-0.3, -0.25) is 0 Å². The SMILES string of the molecule is C1CC[Si]23CCCCC[Si]2(CC1)CCCCC3. The van der Waals surface area contributed by atoms with E-state index in [0.29, 0.717) is 0 Å². The fraction of sp³-hybridized carbons (Fsp3) is 1.00. The van der Waals surface area contributed by atoms with Gasteiger partial charge >= 0.3 is 0 Å². The second-order valence-corrected chi connectivity index (χ2v) is 21.7. The minimum absolute atomic E-state index is 0.749. The van der Waals surface area contributed by atoms with Crippen LogP contribution < -0.4 is 0 Å². The fourth-order valence-electron chi connectivity index (χ4n) is 5.65. The number of hydrogen-bond donors (Lipinski definition) is 0. The molecule has 0 aromatic carbocycles. The molecular formula is C15H30Si2. The molecule has 0 saturated carbocycles. The first-order valence-corrected chi connectivity index (χ1v) is 14.6. The maximum Gasteiger partial charge on any atom is 0.0479 e. The normalized spacial score (nSPS) is 43.8. The van der Waals surface area contributed by atoms with Crippen molar-refractivity contribution in [3.05, 3.63) is 0 Å². The van der Waals surface area contributed by atoms with Gasteiger partial charge in [-0.15, -0.1) is 0 Å². The van der Waals surface area contributed by atoms with Crippen LogP contribution in [0.1, 0.15) is 57.8 Å². The van der Waals surface area contributed by atoms with Gasteiger partial charge in [-0.1, -0.05) is 94.1 Å². The number of rotatable bonds is 0. The Morgan fingerprint density at radius 2 is 0.529 bits per heavy atom. The van der Waals surface area contributed by atoms with Gasteiger partial charge in [-0.2, -0.15) is 0 Å². The highest BCUT2D eigenvalue weighted by Gasteiger charge is 2.53. The molecule has 17 heavy (non-hydrogen) atoms. The first-order valence-electron chi connectivity index (χ1n) is 8.37. The summed E-state index contributed by atoms with van der Waals surface area (Å²) in [5.74, 6) is 0. The summed E-state index contributed by atoms with van der Waals surface area (Å²) in [6.45, 7) is 0. The predicted octanol–water partition coefficient (Wildman–Crippen LogP) is 5.51. The van der Waals surface area contributed by atoms with E-state index in [2.05, 4.69) is 0 Å². The Kier molecular flexibility index (Phi) is 3.81. The smallest absolute Gasteiger partial charge is 0.0479 e. The summed E-state index contributed by atoms with van der Waals surface area (Å²) in [5.41, 5.74) is 0. The van der Waals surface area contributed by atoms with Crippen molar-refractivity contribution in [3.63, 3.8) is 0 Å². The van der Waals surface area contributed by atoms with Crippen LogP contribution in [0.3, 0.4) is 0 Å². The van der Waals surface area contributed by atoms with Gasteiger partial charge in [-0.05, 0) is 0 Å². The molecule has 0 N–H and O–H groups in total. The van der Waals surface area contributed by atoms with Gasteiger partial charge in [0.1, 0.15) is 0 Å². The molecule has 0 nitrogen and oxygen atoms in total. The third-order valence-corrected chi connectivity index (χ3v) is 27.9. The monoisotopic (exact) mass is 266 g/mol. The van der Waals surface area contributed by atoms with Crippen LogP contribution in [0.5, 0.6) is 0 Å². The predicted molar refractivity (Wildman–Crippen MR) is 81.9 cm³/mol. The van der Waals surface area contributed by atoms with Gasteiger partial charge in [-0.25, -0.2) is 0 Å². The molecule has 2 heteroatoms. The molecular weight excluding hydrogens is 236 g/mol. The minimum atomic E-state index is -0.749. The van der Waals surface area contributed by atoms with Crippen LogP contribution in [0.25, 0.3) is 0 Å². The van der Waals surface area contributed by atoms with Crippen LogP contribution in [0.4, 0.5) is 0 Å². The lowest BCUT2D eigenvalue weighted by molar-refractivity contribution is 0.713. The van der Waals surface area contributed by atoms with Crippen LogP contribution in [0, 0.1) is 0 Å². The molecule has 3 aliphatic rings. The molecule has 3 saturated heterocycles. The number of hydrogen-bond acceptors (Lipinski definition) is 0. The molecule has 0 amide bonds. The van der Waals surface area contributed by atoms with E-state index < -0.39 is 15.2 Å². The summed E-state index contributed by atoms with van der Waals surface area (Å²) >= 11 is 0. The van der Waals surface area contributed by atoms with Gasteiger partial charge in [0.25, 0.3) is 0 Å². The summed E-state index contributed by atoms with van der Waals surface area (Å²) in [6.07, 6.45) is 14.6. The molecule has 0 aromatic heterocycles. The van der Waals surface area contributed by atoms with Crippen LogP contribution in [0.2, 0.25) is 36.3 Å². The van der Waals surface area contributed by atoms with Gasteiger partial charge in [0.05, 0.1) is 0 Å². The van der Waals surface area contributed by atoms with Gasteiger partial charge in [0.2, 0.25) is 0 Å². The van der Waals surface area contributed by atoms with Crippen LogP contribution >= 0.6 is 0 Å². The summed E-state index contributed by atoms with van der Waals surface area (Å²) in [4.78, 5) is 0. The molecule has 3 heterocycles. The van der Waals surface area contributed by atoms with Crippen LogP contribution in [-0.2, 0) is 0 Å². The third kappa shape index (κ3) is 2.20. The Labute approximate surface area is 109 Å². The summed E-state index contributed by atoms with van der Waals surface area (Å²) in [7, 11) is -1.50. The van der Waals surface area contributed by atoms with Crippen molar-refractivity contribution in [1.29, 1.82) is 0 Å². The topological polar surface area (TPSA) is 0 Å². The molecule has 0 atom stereocenters. The molecule has 0 aromatic rings. The average Bonchev–Trinajstić information content (AvgIpc) is 2.64. The van der Waals surface area contributed by atoms with Crippen molar-refractivity contribution in [2.24, 2.45) is 0 Å². The van der Waals surface area contributed by atoms with E-state index in [1.54, 1.807) is 94.1 Å². The minimum Gasteiger partial charge on any atom is -0.0590 e. The molecule has 0 bridgehead atoms. The van der Waals surface area contributed by atoms with Gasteiger partial charge < -0.3 is 0 Å². The molecule has 3 rings (SSSR count). The highest BCUT2D eigenvalue weighted by atomic mass is 29.3. The molecule has 98 valence electrons. The quantitative estimate of drug-likeness (QED) is 0.507. The summed E-state index contributed by atoms with van der Waals surface area (Å²) in [6, 6.07) is 10.7. The van der Waals surface area contributed by atoms with E-state index in [-0.39, 0.29) is 0 Å². The second kappa shape index (κ2) is 5.20. The molecule has 3 aliphatic heterocycles.